The van der Waals surface area contributed by atoms with Crippen LogP contribution in [0.2, 0.25) is 0 Å². The number of carbonyl (C=O) groups excluding carboxylic acids is 1. The summed E-state index contributed by atoms with van der Waals surface area (Å²) < 4.78 is 1.25. The number of thiophene rings is 1. The Balaban J connectivity index is 1.81. The topological polar surface area (TPSA) is 42.0 Å². The van der Waals surface area contributed by atoms with Gasteiger partial charge in [0.25, 0.3) is 0 Å². The standard InChI is InChI=1S/C21H18N2OS2/c1-14(24)23-21(2,15-8-4-3-5-9-15)20-22-18(13-26-20)17-12-25-19-11-7-6-10-16(17)19/h3-13H,1-2H3,(H,23,24). The Hall–Kier alpha value is -2.50. The molecule has 1 atom stereocenters. The molecule has 0 aliphatic rings. The van der Waals surface area contributed by atoms with Gasteiger partial charge in [0.2, 0.25) is 5.91 Å². The van der Waals surface area contributed by atoms with Crippen LogP contribution in [0.5, 0.6) is 0 Å². The minimum absolute atomic E-state index is 0.0749. The Morgan fingerprint density at radius 2 is 1.73 bits per heavy atom. The van der Waals surface area contributed by atoms with Gasteiger partial charge in [0.1, 0.15) is 10.5 Å². The van der Waals surface area contributed by atoms with Crippen LogP contribution in [-0.2, 0) is 10.3 Å². The molecule has 4 rings (SSSR count). The average molecular weight is 379 g/mol. The van der Waals surface area contributed by atoms with Crippen LogP contribution < -0.4 is 5.32 Å². The number of amides is 1. The molecule has 1 N–H and O–H groups in total. The fourth-order valence-electron chi connectivity index (χ4n) is 3.18. The van der Waals surface area contributed by atoms with Gasteiger partial charge in [-0.3, -0.25) is 4.79 Å². The van der Waals surface area contributed by atoms with Crippen molar-refractivity contribution in [3.8, 4) is 11.3 Å². The van der Waals surface area contributed by atoms with Gasteiger partial charge in [0, 0.05) is 33.3 Å². The third-order valence-electron chi connectivity index (χ3n) is 4.47. The molecule has 0 saturated heterocycles. The number of nitrogens with one attached hydrogen (secondary N) is 1. The van der Waals surface area contributed by atoms with Crippen molar-refractivity contribution >= 4 is 38.7 Å². The molecule has 0 spiro atoms. The van der Waals surface area contributed by atoms with E-state index in [1.165, 1.54) is 10.1 Å². The maximum atomic E-state index is 11.9. The minimum Gasteiger partial charge on any atom is -0.341 e. The van der Waals surface area contributed by atoms with Gasteiger partial charge in [0.05, 0.1) is 5.69 Å². The third-order valence-corrected chi connectivity index (χ3v) is 6.49. The van der Waals surface area contributed by atoms with E-state index in [2.05, 4.69) is 40.3 Å². The molecule has 1 amide bonds. The van der Waals surface area contributed by atoms with Crippen molar-refractivity contribution in [1.82, 2.24) is 10.3 Å². The van der Waals surface area contributed by atoms with Crippen molar-refractivity contribution in [2.75, 3.05) is 0 Å². The summed E-state index contributed by atoms with van der Waals surface area (Å²) in [6.45, 7) is 3.56. The van der Waals surface area contributed by atoms with Crippen molar-refractivity contribution in [2.24, 2.45) is 0 Å². The summed E-state index contributed by atoms with van der Waals surface area (Å²) in [7, 11) is 0. The van der Waals surface area contributed by atoms with Crippen molar-refractivity contribution in [2.45, 2.75) is 19.4 Å². The SMILES string of the molecule is CC(=O)NC(C)(c1ccccc1)c1nc(-c2csc3ccccc23)cs1. The Morgan fingerprint density at radius 1 is 1.00 bits per heavy atom. The first-order valence-electron chi connectivity index (χ1n) is 8.35. The number of nitrogens with zero attached hydrogens (tertiary/aromatic N) is 1. The molecule has 4 aromatic rings. The molecule has 0 aliphatic carbocycles. The smallest absolute Gasteiger partial charge is 0.217 e. The second kappa shape index (κ2) is 6.67. The van der Waals surface area contributed by atoms with Crippen LogP contribution >= 0.6 is 22.7 Å². The number of hydrogen-bond donors (Lipinski definition) is 1. The molecule has 130 valence electrons. The molecule has 0 radical (unpaired) electrons. The largest absolute Gasteiger partial charge is 0.341 e. The lowest BCUT2D eigenvalue weighted by Gasteiger charge is -2.29. The summed E-state index contributed by atoms with van der Waals surface area (Å²) in [4.78, 5) is 16.8. The molecule has 1 unspecified atom stereocenters. The maximum Gasteiger partial charge on any atom is 0.217 e. The fraction of sp³-hybridized carbons (Fsp3) is 0.143. The van der Waals surface area contributed by atoms with Crippen LogP contribution in [0, 0.1) is 0 Å². The molecule has 2 heterocycles. The lowest BCUT2D eigenvalue weighted by Crippen LogP contribution is -2.43. The van der Waals surface area contributed by atoms with Crippen LogP contribution in [0.4, 0.5) is 0 Å². The van der Waals surface area contributed by atoms with Crippen molar-refractivity contribution < 1.29 is 4.79 Å². The Kier molecular flexibility index (Phi) is 4.34. The Bertz CT molecular complexity index is 1070. The molecule has 3 nitrogen and oxygen atoms in total. The van der Waals surface area contributed by atoms with E-state index in [1.54, 1.807) is 29.6 Å². The third kappa shape index (κ3) is 2.93. The van der Waals surface area contributed by atoms with Crippen molar-refractivity contribution in [3.63, 3.8) is 0 Å². The highest BCUT2D eigenvalue weighted by Crippen LogP contribution is 2.38. The molecule has 0 fully saturated rings. The van der Waals surface area contributed by atoms with E-state index < -0.39 is 5.54 Å². The Labute approximate surface area is 160 Å². The molecule has 0 aliphatic heterocycles. The zero-order valence-electron chi connectivity index (χ0n) is 14.5. The highest BCUT2D eigenvalue weighted by molar-refractivity contribution is 7.17. The maximum absolute atomic E-state index is 11.9. The molecular formula is C21H18N2OS2. The molecule has 2 aromatic heterocycles. The highest BCUT2D eigenvalue weighted by Gasteiger charge is 2.33. The quantitative estimate of drug-likeness (QED) is 0.515. The summed E-state index contributed by atoms with van der Waals surface area (Å²) in [5.74, 6) is -0.0749. The molecule has 2 aromatic carbocycles. The van der Waals surface area contributed by atoms with Crippen LogP contribution in [0.15, 0.2) is 65.4 Å². The van der Waals surface area contributed by atoms with Crippen LogP contribution in [0.1, 0.15) is 24.4 Å². The lowest BCUT2D eigenvalue weighted by molar-refractivity contribution is -0.120. The number of thiazole rings is 1. The van der Waals surface area contributed by atoms with Crippen LogP contribution in [0.3, 0.4) is 0 Å². The van der Waals surface area contributed by atoms with Gasteiger partial charge in [-0.1, -0.05) is 48.5 Å². The van der Waals surface area contributed by atoms with E-state index in [0.29, 0.717) is 0 Å². The highest BCUT2D eigenvalue weighted by atomic mass is 32.1. The average Bonchev–Trinajstić information content (AvgIpc) is 3.29. The van der Waals surface area contributed by atoms with Gasteiger partial charge >= 0.3 is 0 Å². The second-order valence-electron chi connectivity index (χ2n) is 6.36. The number of benzene rings is 2. The van der Waals surface area contributed by atoms with Crippen LogP contribution in [0.25, 0.3) is 21.3 Å². The molecular weight excluding hydrogens is 360 g/mol. The first-order chi connectivity index (χ1) is 12.6. The first kappa shape index (κ1) is 16.9. The zero-order chi connectivity index (χ0) is 18.1. The summed E-state index contributed by atoms with van der Waals surface area (Å²) >= 11 is 3.31. The lowest BCUT2D eigenvalue weighted by atomic mass is 9.92. The van der Waals surface area contributed by atoms with Crippen LogP contribution in [-0.4, -0.2) is 10.9 Å². The van der Waals surface area contributed by atoms with E-state index in [-0.39, 0.29) is 5.91 Å². The zero-order valence-corrected chi connectivity index (χ0v) is 16.2. The summed E-state index contributed by atoms with van der Waals surface area (Å²) in [6, 6.07) is 18.4. The van der Waals surface area contributed by atoms with Gasteiger partial charge in [-0.25, -0.2) is 4.98 Å². The predicted octanol–water partition coefficient (Wildman–Crippen LogP) is 5.42. The number of rotatable bonds is 4. The molecule has 0 bridgehead atoms. The number of hydrogen-bond acceptors (Lipinski definition) is 4. The van der Waals surface area contributed by atoms with Crippen molar-refractivity contribution in [3.05, 3.63) is 75.9 Å². The Morgan fingerprint density at radius 3 is 2.50 bits per heavy atom. The number of fused-ring (bicyclic) bond motifs is 1. The van der Waals surface area contributed by atoms with E-state index >= 15 is 0 Å². The molecule has 5 heteroatoms. The van der Waals surface area contributed by atoms with Gasteiger partial charge in [0.15, 0.2) is 0 Å². The van der Waals surface area contributed by atoms with E-state index in [9.17, 15) is 4.79 Å². The fourth-order valence-corrected chi connectivity index (χ4v) is 5.09. The van der Waals surface area contributed by atoms with Gasteiger partial charge in [-0.2, -0.15) is 0 Å². The normalized spacial score (nSPS) is 13.5. The molecule has 26 heavy (non-hydrogen) atoms. The van der Waals surface area contributed by atoms with Gasteiger partial charge in [-0.15, -0.1) is 22.7 Å². The monoisotopic (exact) mass is 378 g/mol. The predicted molar refractivity (Wildman–Crippen MR) is 110 cm³/mol. The summed E-state index contributed by atoms with van der Waals surface area (Å²) in [5.41, 5.74) is 2.47. The number of carbonyl (C=O) groups is 1. The van der Waals surface area contributed by atoms with Crippen molar-refractivity contribution in [1.29, 1.82) is 0 Å². The summed E-state index contributed by atoms with van der Waals surface area (Å²) in [5, 5.41) is 9.42. The second-order valence-corrected chi connectivity index (χ2v) is 8.12. The molecule has 0 saturated carbocycles. The summed E-state index contributed by atoms with van der Waals surface area (Å²) in [6.07, 6.45) is 0. The minimum atomic E-state index is -0.651. The number of aromatic nitrogens is 1. The van der Waals surface area contributed by atoms with E-state index in [1.807, 2.05) is 37.3 Å². The van der Waals surface area contributed by atoms with Gasteiger partial charge in [-0.05, 0) is 18.6 Å². The van der Waals surface area contributed by atoms with E-state index in [0.717, 1.165) is 21.8 Å². The first-order valence-corrected chi connectivity index (χ1v) is 10.1. The van der Waals surface area contributed by atoms with E-state index in [4.69, 9.17) is 4.98 Å². The van der Waals surface area contributed by atoms with Gasteiger partial charge < -0.3 is 5.32 Å².